The lowest BCUT2D eigenvalue weighted by Crippen LogP contribution is -2.42. The lowest BCUT2D eigenvalue weighted by molar-refractivity contribution is -0.122. The van der Waals surface area contributed by atoms with Crippen molar-refractivity contribution in [3.63, 3.8) is 0 Å². The SMILES string of the molecule is NCCCCCCC(=O)NC1CC2CC1C1CCCC21. The first kappa shape index (κ1) is 14.4. The van der Waals surface area contributed by atoms with E-state index in [0.29, 0.717) is 18.4 Å². The molecule has 3 rings (SSSR count). The Bertz CT molecular complexity index is 344. The summed E-state index contributed by atoms with van der Waals surface area (Å²) >= 11 is 0. The molecule has 3 N–H and O–H groups in total. The topological polar surface area (TPSA) is 55.1 Å². The summed E-state index contributed by atoms with van der Waals surface area (Å²) in [7, 11) is 0. The summed E-state index contributed by atoms with van der Waals surface area (Å²) < 4.78 is 0. The molecule has 5 unspecified atom stereocenters. The largest absolute Gasteiger partial charge is 0.353 e. The molecular weight excluding hydrogens is 248 g/mol. The zero-order chi connectivity index (χ0) is 13.9. The molecule has 3 aliphatic carbocycles. The summed E-state index contributed by atoms with van der Waals surface area (Å²) in [4.78, 5) is 12.1. The minimum atomic E-state index is 0.296. The normalized spacial score (nSPS) is 38.1. The zero-order valence-corrected chi connectivity index (χ0v) is 12.7. The van der Waals surface area contributed by atoms with Crippen molar-refractivity contribution >= 4 is 5.91 Å². The minimum Gasteiger partial charge on any atom is -0.353 e. The molecule has 0 saturated heterocycles. The minimum absolute atomic E-state index is 0.296. The van der Waals surface area contributed by atoms with Gasteiger partial charge in [-0.1, -0.05) is 19.3 Å². The molecule has 0 spiro atoms. The number of nitrogens with one attached hydrogen (secondary N) is 1. The van der Waals surface area contributed by atoms with Crippen LogP contribution in [0, 0.1) is 23.7 Å². The number of unbranched alkanes of at least 4 members (excludes halogenated alkanes) is 3. The van der Waals surface area contributed by atoms with Crippen LogP contribution in [0.4, 0.5) is 0 Å². The third-order valence-corrected chi connectivity index (χ3v) is 6.13. The highest BCUT2D eigenvalue weighted by Crippen LogP contribution is 2.58. The second-order valence-corrected chi connectivity index (χ2v) is 7.28. The van der Waals surface area contributed by atoms with Crippen molar-refractivity contribution < 1.29 is 4.79 Å². The van der Waals surface area contributed by atoms with Gasteiger partial charge in [-0.2, -0.15) is 0 Å². The Morgan fingerprint density at radius 2 is 1.80 bits per heavy atom. The molecule has 5 atom stereocenters. The number of rotatable bonds is 7. The number of fused-ring (bicyclic) bond motifs is 5. The van der Waals surface area contributed by atoms with Crippen molar-refractivity contribution in [3.8, 4) is 0 Å². The van der Waals surface area contributed by atoms with Crippen molar-refractivity contribution in [2.24, 2.45) is 29.4 Å². The van der Waals surface area contributed by atoms with Crippen molar-refractivity contribution in [1.29, 1.82) is 0 Å². The van der Waals surface area contributed by atoms with Crippen LogP contribution in [0.1, 0.15) is 64.2 Å². The number of amides is 1. The molecule has 20 heavy (non-hydrogen) atoms. The number of carbonyl (C=O) groups is 1. The molecule has 0 radical (unpaired) electrons. The molecule has 114 valence electrons. The average molecular weight is 278 g/mol. The van der Waals surface area contributed by atoms with Crippen LogP contribution in [0.15, 0.2) is 0 Å². The number of hydrogen-bond donors (Lipinski definition) is 2. The van der Waals surface area contributed by atoms with Crippen LogP contribution in [-0.4, -0.2) is 18.5 Å². The maximum Gasteiger partial charge on any atom is 0.220 e. The summed E-state index contributed by atoms with van der Waals surface area (Å²) in [6.07, 6.45) is 12.1. The van der Waals surface area contributed by atoms with E-state index < -0.39 is 0 Å². The molecule has 3 heteroatoms. The fourth-order valence-corrected chi connectivity index (χ4v) is 5.30. The van der Waals surface area contributed by atoms with Crippen LogP contribution in [-0.2, 0) is 4.79 Å². The first-order valence-corrected chi connectivity index (χ1v) is 8.79. The summed E-state index contributed by atoms with van der Waals surface area (Å²) in [5, 5.41) is 3.35. The Kier molecular flexibility index (Phi) is 4.65. The van der Waals surface area contributed by atoms with E-state index in [-0.39, 0.29) is 0 Å². The Labute approximate surface area is 123 Å². The quantitative estimate of drug-likeness (QED) is 0.704. The van der Waals surface area contributed by atoms with Crippen LogP contribution in [0.3, 0.4) is 0 Å². The van der Waals surface area contributed by atoms with E-state index in [9.17, 15) is 4.79 Å². The van der Waals surface area contributed by atoms with Crippen molar-refractivity contribution in [1.82, 2.24) is 5.32 Å². The smallest absolute Gasteiger partial charge is 0.220 e. The van der Waals surface area contributed by atoms with Gasteiger partial charge < -0.3 is 11.1 Å². The van der Waals surface area contributed by atoms with E-state index in [0.717, 1.165) is 49.5 Å². The second kappa shape index (κ2) is 6.46. The summed E-state index contributed by atoms with van der Waals surface area (Å²) in [6.45, 7) is 0.778. The molecule has 0 aromatic heterocycles. The zero-order valence-electron chi connectivity index (χ0n) is 12.7. The van der Waals surface area contributed by atoms with Crippen molar-refractivity contribution in [3.05, 3.63) is 0 Å². The van der Waals surface area contributed by atoms with E-state index >= 15 is 0 Å². The molecule has 3 fully saturated rings. The van der Waals surface area contributed by atoms with Gasteiger partial charge in [-0.3, -0.25) is 4.79 Å². The molecule has 2 bridgehead atoms. The average Bonchev–Trinajstić information content (AvgIpc) is 3.10. The number of hydrogen-bond acceptors (Lipinski definition) is 2. The molecule has 0 aliphatic heterocycles. The molecule has 0 heterocycles. The molecule has 3 aliphatic rings. The standard InChI is InChI=1S/C17H30N2O/c18-9-4-2-1-3-8-17(20)19-16-11-12-10-15(16)14-7-5-6-13(12)14/h12-16H,1-11,18H2,(H,19,20). The van der Waals surface area contributed by atoms with Crippen LogP contribution in [0.2, 0.25) is 0 Å². The highest BCUT2D eigenvalue weighted by molar-refractivity contribution is 5.76. The van der Waals surface area contributed by atoms with E-state index in [1.807, 2.05) is 0 Å². The van der Waals surface area contributed by atoms with Gasteiger partial charge in [0, 0.05) is 12.5 Å². The van der Waals surface area contributed by atoms with Gasteiger partial charge in [-0.05, 0) is 68.7 Å². The second-order valence-electron chi connectivity index (χ2n) is 7.28. The fourth-order valence-electron chi connectivity index (χ4n) is 5.30. The van der Waals surface area contributed by atoms with Crippen LogP contribution in [0.5, 0.6) is 0 Å². The van der Waals surface area contributed by atoms with Gasteiger partial charge in [0.25, 0.3) is 0 Å². The van der Waals surface area contributed by atoms with Crippen molar-refractivity contribution in [2.75, 3.05) is 6.54 Å². The monoisotopic (exact) mass is 278 g/mol. The van der Waals surface area contributed by atoms with Gasteiger partial charge in [0.2, 0.25) is 5.91 Å². The Balaban J connectivity index is 1.38. The van der Waals surface area contributed by atoms with Crippen LogP contribution < -0.4 is 11.1 Å². The molecular formula is C17H30N2O. The maximum absolute atomic E-state index is 12.1. The first-order chi connectivity index (χ1) is 9.79. The third kappa shape index (κ3) is 2.88. The van der Waals surface area contributed by atoms with Gasteiger partial charge >= 0.3 is 0 Å². The van der Waals surface area contributed by atoms with E-state index in [1.54, 1.807) is 0 Å². The molecule has 3 saturated carbocycles. The Morgan fingerprint density at radius 1 is 1.00 bits per heavy atom. The first-order valence-electron chi connectivity index (χ1n) is 8.79. The summed E-state index contributed by atoms with van der Waals surface area (Å²) in [5.74, 6) is 4.01. The van der Waals surface area contributed by atoms with E-state index in [2.05, 4.69) is 5.32 Å². The predicted octanol–water partition coefficient (Wildman–Crippen LogP) is 2.84. The molecule has 3 nitrogen and oxygen atoms in total. The van der Waals surface area contributed by atoms with Gasteiger partial charge in [0.05, 0.1) is 0 Å². The molecule has 0 aromatic rings. The molecule has 0 aromatic carbocycles. The van der Waals surface area contributed by atoms with Crippen LogP contribution >= 0.6 is 0 Å². The van der Waals surface area contributed by atoms with E-state index in [4.69, 9.17) is 5.73 Å². The highest BCUT2D eigenvalue weighted by atomic mass is 16.1. The number of carbonyl (C=O) groups excluding carboxylic acids is 1. The van der Waals surface area contributed by atoms with Crippen LogP contribution in [0.25, 0.3) is 0 Å². The third-order valence-electron chi connectivity index (χ3n) is 6.13. The van der Waals surface area contributed by atoms with Crippen molar-refractivity contribution in [2.45, 2.75) is 70.3 Å². The van der Waals surface area contributed by atoms with E-state index in [1.165, 1.54) is 38.5 Å². The Hall–Kier alpha value is -0.570. The van der Waals surface area contributed by atoms with Gasteiger partial charge in [-0.15, -0.1) is 0 Å². The molecule has 1 amide bonds. The van der Waals surface area contributed by atoms with Gasteiger partial charge in [0.1, 0.15) is 0 Å². The fraction of sp³-hybridized carbons (Fsp3) is 0.941. The van der Waals surface area contributed by atoms with Gasteiger partial charge in [-0.25, -0.2) is 0 Å². The Morgan fingerprint density at radius 3 is 2.65 bits per heavy atom. The predicted molar refractivity (Wildman–Crippen MR) is 81.1 cm³/mol. The number of nitrogens with two attached hydrogens (primary N) is 1. The lowest BCUT2D eigenvalue weighted by Gasteiger charge is -2.32. The van der Waals surface area contributed by atoms with Gasteiger partial charge in [0.15, 0.2) is 0 Å². The summed E-state index contributed by atoms with van der Waals surface area (Å²) in [5.41, 5.74) is 5.48. The maximum atomic E-state index is 12.1. The lowest BCUT2D eigenvalue weighted by atomic mass is 9.79. The highest BCUT2D eigenvalue weighted by Gasteiger charge is 2.53. The summed E-state index contributed by atoms with van der Waals surface area (Å²) in [6, 6.07) is 0.510.